The Morgan fingerprint density at radius 3 is 2.53 bits per heavy atom. The van der Waals surface area contributed by atoms with Gasteiger partial charge in [0.25, 0.3) is 5.56 Å². The van der Waals surface area contributed by atoms with E-state index in [1.54, 1.807) is 43.5 Å². The number of carboxylic acid groups (broad SMARTS) is 1. The zero-order chi connectivity index (χ0) is 27.6. The standard InChI is InChI=1S/C29H28BrN3O5/c1-16(2)22-14-23(17(3)12-26(22)37-5)27-32-24-9-7-6-8-21(24)28(34)33(27)31-15-19-13-20(30)10-11-25(19)38-18(4)29(35)36/h6-16,18H,1-5H3,(H,35,36)/t18-/m1/s1. The van der Waals surface area contributed by atoms with Gasteiger partial charge in [-0.25, -0.2) is 9.78 Å². The van der Waals surface area contributed by atoms with Crippen LogP contribution in [0.3, 0.4) is 0 Å². The van der Waals surface area contributed by atoms with Crippen LogP contribution in [0.4, 0.5) is 0 Å². The fourth-order valence-electron chi connectivity index (χ4n) is 4.06. The normalized spacial score (nSPS) is 12.3. The van der Waals surface area contributed by atoms with Gasteiger partial charge in [-0.15, -0.1) is 0 Å². The molecule has 0 unspecified atom stereocenters. The Balaban J connectivity index is 1.95. The van der Waals surface area contributed by atoms with E-state index in [0.717, 1.165) is 26.9 Å². The summed E-state index contributed by atoms with van der Waals surface area (Å²) in [5, 5.41) is 14.3. The second-order valence-corrected chi connectivity index (χ2v) is 10.1. The third-order valence-corrected chi connectivity index (χ3v) is 6.62. The van der Waals surface area contributed by atoms with Gasteiger partial charge in [0, 0.05) is 15.6 Å². The van der Waals surface area contributed by atoms with Gasteiger partial charge in [0.1, 0.15) is 11.5 Å². The highest BCUT2D eigenvalue weighted by Gasteiger charge is 2.19. The van der Waals surface area contributed by atoms with Crippen LogP contribution in [0.25, 0.3) is 22.3 Å². The molecule has 0 radical (unpaired) electrons. The van der Waals surface area contributed by atoms with Crippen LogP contribution in [-0.4, -0.2) is 40.2 Å². The maximum atomic E-state index is 13.7. The molecule has 3 aromatic carbocycles. The Kier molecular flexibility index (Phi) is 7.97. The number of fused-ring (bicyclic) bond motifs is 1. The van der Waals surface area contributed by atoms with Crippen LogP contribution in [0.2, 0.25) is 0 Å². The summed E-state index contributed by atoms with van der Waals surface area (Å²) in [6, 6.07) is 16.2. The Morgan fingerprint density at radius 1 is 1.11 bits per heavy atom. The fraction of sp³-hybridized carbons (Fsp3) is 0.241. The third kappa shape index (κ3) is 5.47. The minimum absolute atomic E-state index is 0.172. The topological polar surface area (TPSA) is 103 Å². The van der Waals surface area contributed by atoms with Gasteiger partial charge < -0.3 is 14.6 Å². The molecule has 0 saturated carbocycles. The summed E-state index contributed by atoms with van der Waals surface area (Å²) < 4.78 is 13.2. The van der Waals surface area contributed by atoms with Crippen LogP contribution >= 0.6 is 15.9 Å². The highest BCUT2D eigenvalue weighted by atomic mass is 79.9. The van der Waals surface area contributed by atoms with Crippen molar-refractivity contribution >= 4 is 39.0 Å². The predicted molar refractivity (Wildman–Crippen MR) is 152 cm³/mol. The number of carbonyl (C=O) groups is 1. The molecule has 196 valence electrons. The van der Waals surface area contributed by atoms with E-state index in [0.29, 0.717) is 28.0 Å². The summed E-state index contributed by atoms with van der Waals surface area (Å²) in [5.74, 6) is 0.541. The van der Waals surface area contributed by atoms with Crippen LogP contribution in [0, 0.1) is 6.92 Å². The van der Waals surface area contributed by atoms with E-state index in [4.69, 9.17) is 14.5 Å². The minimum atomic E-state index is -1.09. The maximum absolute atomic E-state index is 13.7. The maximum Gasteiger partial charge on any atom is 0.344 e. The Labute approximate surface area is 228 Å². The number of hydrogen-bond donors (Lipinski definition) is 1. The lowest BCUT2D eigenvalue weighted by Crippen LogP contribution is -2.23. The van der Waals surface area contributed by atoms with Crippen LogP contribution in [0.1, 0.15) is 43.4 Å². The number of carboxylic acids is 1. The average Bonchev–Trinajstić information content (AvgIpc) is 2.89. The second-order valence-electron chi connectivity index (χ2n) is 9.16. The van der Waals surface area contributed by atoms with E-state index in [1.165, 1.54) is 17.8 Å². The third-order valence-electron chi connectivity index (χ3n) is 6.13. The van der Waals surface area contributed by atoms with E-state index in [1.807, 2.05) is 25.1 Å². The van der Waals surface area contributed by atoms with Crippen molar-refractivity contribution in [1.29, 1.82) is 0 Å². The number of rotatable bonds is 8. The largest absolute Gasteiger partial charge is 0.496 e. The SMILES string of the molecule is COc1cc(C)c(-c2nc3ccccc3c(=O)n2N=Cc2cc(Br)ccc2O[C@H](C)C(=O)O)cc1C(C)C. The number of para-hydroxylation sites is 1. The molecular weight excluding hydrogens is 550 g/mol. The Hall–Kier alpha value is -3.98. The Bertz CT molecular complexity index is 1610. The predicted octanol–water partition coefficient (Wildman–Crippen LogP) is 6.00. The molecule has 9 heteroatoms. The lowest BCUT2D eigenvalue weighted by atomic mass is 9.96. The first-order valence-corrected chi connectivity index (χ1v) is 12.8. The van der Waals surface area contributed by atoms with Crippen molar-refractivity contribution < 1.29 is 19.4 Å². The summed E-state index contributed by atoms with van der Waals surface area (Å²) >= 11 is 3.43. The number of ether oxygens (including phenoxy) is 2. The molecule has 0 saturated heterocycles. The number of halogens is 1. The lowest BCUT2D eigenvalue weighted by Gasteiger charge is -2.17. The van der Waals surface area contributed by atoms with Crippen molar-refractivity contribution in [2.45, 2.75) is 39.7 Å². The molecule has 0 bridgehead atoms. The highest BCUT2D eigenvalue weighted by Crippen LogP contribution is 2.34. The van der Waals surface area contributed by atoms with Crippen molar-refractivity contribution in [3.8, 4) is 22.9 Å². The average molecular weight is 578 g/mol. The molecule has 0 fully saturated rings. The number of aromatic nitrogens is 2. The fourth-order valence-corrected chi connectivity index (χ4v) is 4.44. The zero-order valence-electron chi connectivity index (χ0n) is 21.7. The van der Waals surface area contributed by atoms with E-state index in [2.05, 4.69) is 34.9 Å². The van der Waals surface area contributed by atoms with Gasteiger partial charge in [0.2, 0.25) is 0 Å². The summed E-state index contributed by atoms with van der Waals surface area (Å²) in [6.07, 6.45) is 0.401. The van der Waals surface area contributed by atoms with Gasteiger partial charge in [0.05, 0.1) is 24.2 Å². The highest BCUT2D eigenvalue weighted by molar-refractivity contribution is 9.10. The molecule has 1 atom stereocenters. The molecule has 1 aromatic heterocycles. The van der Waals surface area contributed by atoms with Crippen LogP contribution in [0.15, 0.2) is 69.0 Å². The van der Waals surface area contributed by atoms with Crippen LogP contribution in [0.5, 0.6) is 11.5 Å². The van der Waals surface area contributed by atoms with Gasteiger partial charge in [-0.05, 0) is 73.4 Å². The summed E-state index contributed by atoms with van der Waals surface area (Å²) in [6.45, 7) is 7.52. The number of aryl methyl sites for hydroxylation is 1. The molecule has 0 aliphatic rings. The van der Waals surface area contributed by atoms with Crippen molar-refractivity contribution in [2.75, 3.05) is 7.11 Å². The molecule has 0 spiro atoms. The van der Waals surface area contributed by atoms with E-state index in [-0.39, 0.29) is 11.5 Å². The van der Waals surface area contributed by atoms with Crippen molar-refractivity contribution in [2.24, 2.45) is 5.10 Å². The molecular formula is C29H28BrN3O5. The van der Waals surface area contributed by atoms with Crippen LogP contribution < -0.4 is 15.0 Å². The number of nitrogens with zero attached hydrogens (tertiary/aromatic N) is 3. The molecule has 4 aromatic rings. The monoisotopic (exact) mass is 577 g/mol. The van der Waals surface area contributed by atoms with Crippen molar-refractivity contribution in [3.05, 3.63) is 86.1 Å². The first-order chi connectivity index (χ1) is 18.1. The van der Waals surface area contributed by atoms with E-state index >= 15 is 0 Å². The summed E-state index contributed by atoms with van der Waals surface area (Å²) in [4.78, 5) is 29.9. The van der Waals surface area contributed by atoms with Gasteiger partial charge in [-0.1, -0.05) is 41.9 Å². The molecule has 4 rings (SSSR count). The summed E-state index contributed by atoms with van der Waals surface area (Å²) in [7, 11) is 1.64. The van der Waals surface area contributed by atoms with Gasteiger partial charge in [0.15, 0.2) is 11.9 Å². The van der Waals surface area contributed by atoms with Gasteiger partial charge in [-0.2, -0.15) is 9.78 Å². The molecule has 0 aliphatic carbocycles. The smallest absolute Gasteiger partial charge is 0.344 e. The molecule has 1 N–H and O–H groups in total. The number of aliphatic carboxylic acids is 1. The van der Waals surface area contributed by atoms with Crippen molar-refractivity contribution in [3.63, 3.8) is 0 Å². The number of methoxy groups -OCH3 is 1. The molecule has 8 nitrogen and oxygen atoms in total. The first-order valence-electron chi connectivity index (χ1n) is 12.0. The molecule has 1 heterocycles. The summed E-state index contributed by atoms with van der Waals surface area (Å²) in [5.41, 5.74) is 3.32. The zero-order valence-corrected chi connectivity index (χ0v) is 23.3. The first kappa shape index (κ1) is 27.1. The van der Waals surface area contributed by atoms with Crippen molar-refractivity contribution in [1.82, 2.24) is 9.66 Å². The van der Waals surface area contributed by atoms with E-state index in [9.17, 15) is 14.7 Å². The second kappa shape index (κ2) is 11.2. The molecule has 38 heavy (non-hydrogen) atoms. The number of benzene rings is 3. The number of hydrogen-bond acceptors (Lipinski definition) is 6. The van der Waals surface area contributed by atoms with Crippen LogP contribution in [-0.2, 0) is 4.79 Å². The quantitative estimate of drug-likeness (QED) is 0.257. The van der Waals surface area contributed by atoms with Gasteiger partial charge >= 0.3 is 5.97 Å². The van der Waals surface area contributed by atoms with Gasteiger partial charge in [-0.3, -0.25) is 4.79 Å². The Morgan fingerprint density at radius 2 is 1.84 bits per heavy atom. The minimum Gasteiger partial charge on any atom is -0.496 e. The molecule has 0 amide bonds. The molecule has 0 aliphatic heterocycles. The van der Waals surface area contributed by atoms with E-state index < -0.39 is 12.1 Å². The lowest BCUT2D eigenvalue weighted by molar-refractivity contribution is -0.144.